The first kappa shape index (κ1) is 28.2. The second-order valence-corrected chi connectivity index (χ2v) is 11.3. The zero-order valence-electron chi connectivity index (χ0n) is 20.0. The van der Waals surface area contributed by atoms with Crippen LogP contribution in [0.15, 0.2) is 77.7 Å². The first-order valence-electron chi connectivity index (χ1n) is 11.7. The van der Waals surface area contributed by atoms with Gasteiger partial charge in [0.2, 0.25) is 15.9 Å². The van der Waals surface area contributed by atoms with E-state index in [2.05, 4.69) is 4.72 Å². The number of alkyl halides is 3. The fourth-order valence-electron chi connectivity index (χ4n) is 4.25. The Labute approximate surface area is 229 Å². The van der Waals surface area contributed by atoms with Crippen LogP contribution in [-0.4, -0.2) is 51.4 Å². The van der Waals surface area contributed by atoms with Gasteiger partial charge in [-0.25, -0.2) is 8.42 Å². The third kappa shape index (κ3) is 6.79. The third-order valence-electron chi connectivity index (χ3n) is 6.19. The second-order valence-electron chi connectivity index (χ2n) is 8.80. The van der Waals surface area contributed by atoms with Crippen molar-refractivity contribution in [3.63, 3.8) is 0 Å². The summed E-state index contributed by atoms with van der Waals surface area (Å²) in [6, 6.07) is 16.9. The summed E-state index contributed by atoms with van der Waals surface area (Å²) in [7, 11) is -4.22. The molecule has 0 unspecified atom stereocenters. The summed E-state index contributed by atoms with van der Waals surface area (Å²) >= 11 is 12.1. The van der Waals surface area contributed by atoms with Crippen LogP contribution >= 0.6 is 23.2 Å². The largest absolute Gasteiger partial charge is 0.416 e. The highest BCUT2D eigenvalue weighted by Gasteiger charge is 2.34. The Morgan fingerprint density at radius 1 is 0.921 bits per heavy atom. The van der Waals surface area contributed by atoms with E-state index < -0.39 is 33.7 Å². The average molecular weight is 586 g/mol. The van der Waals surface area contributed by atoms with Crippen LogP contribution in [0.5, 0.6) is 0 Å². The van der Waals surface area contributed by atoms with Crippen LogP contribution in [0.25, 0.3) is 0 Å². The molecule has 1 aliphatic rings. The van der Waals surface area contributed by atoms with Crippen LogP contribution in [0.3, 0.4) is 0 Å². The Balaban J connectivity index is 1.52. The van der Waals surface area contributed by atoms with Gasteiger partial charge in [0.1, 0.15) is 10.9 Å². The van der Waals surface area contributed by atoms with Gasteiger partial charge in [-0.3, -0.25) is 4.79 Å². The standard InChI is InChI=1S/C26H24Cl2F3N3O3S/c27-20-9-10-22(28)24(17-20)38(36,37)32-23(15-18-5-2-1-3-6-18)25(35)34-13-11-33(12-14-34)21-8-4-7-19(16-21)26(29,30)31/h1-10,16-17,23,32H,11-15H2/t23-/m0/s1. The lowest BCUT2D eigenvalue weighted by Crippen LogP contribution is -2.55. The number of nitrogens with one attached hydrogen (secondary N) is 1. The smallest absolute Gasteiger partial charge is 0.368 e. The lowest BCUT2D eigenvalue weighted by molar-refractivity contribution is -0.137. The van der Waals surface area contributed by atoms with Gasteiger partial charge in [0.25, 0.3) is 0 Å². The van der Waals surface area contributed by atoms with Crippen molar-refractivity contribution in [2.24, 2.45) is 0 Å². The molecule has 0 spiro atoms. The van der Waals surface area contributed by atoms with E-state index in [0.717, 1.165) is 17.7 Å². The molecule has 1 N–H and O–H groups in total. The van der Waals surface area contributed by atoms with Crippen molar-refractivity contribution in [3.05, 3.63) is 94.0 Å². The van der Waals surface area contributed by atoms with Gasteiger partial charge in [0.15, 0.2) is 0 Å². The molecule has 1 amide bonds. The first-order chi connectivity index (χ1) is 17.9. The Morgan fingerprint density at radius 2 is 1.61 bits per heavy atom. The lowest BCUT2D eigenvalue weighted by Gasteiger charge is -2.38. The normalized spacial score (nSPS) is 15.4. The van der Waals surface area contributed by atoms with Crippen molar-refractivity contribution in [1.82, 2.24) is 9.62 Å². The minimum absolute atomic E-state index is 0.0393. The molecule has 3 aromatic rings. The predicted molar refractivity (Wildman–Crippen MR) is 141 cm³/mol. The molecule has 1 heterocycles. The zero-order valence-corrected chi connectivity index (χ0v) is 22.3. The number of carbonyl (C=O) groups is 1. The second kappa shape index (κ2) is 11.5. The van der Waals surface area contributed by atoms with E-state index in [1.807, 2.05) is 6.07 Å². The lowest BCUT2D eigenvalue weighted by atomic mass is 10.1. The molecule has 12 heteroatoms. The molecule has 1 atom stereocenters. The van der Waals surface area contributed by atoms with Gasteiger partial charge < -0.3 is 9.80 Å². The SMILES string of the molecule is O=C([C@H](Cc1ccccc1)NS(=O)(=O)c1cc(Cl)ccc1Cl)N1CCN(c2cccc(C(F)(F)F)c2)CC1. The molecule has 0 radical (unpaired) electrons. The fourth-order valence-corrected chi connectivity index (χ4v) is 6.20. The van der Waals surface area contributed by atoms with E-state index in [-0.39, 0.29) is 47.5 Å². The van der Waals surface area contributed by atoms with Crippen LogP contribution in [0, 0.1) is 0 Å². The predicted octanol–water partition coefficient (Wildman–Crippen LogP) is 5.25. The number of piperazine rings is 1. The molecular weight excluding hydrogens is 562 g/mol. The molecule has 6 nitrogen and oxygen atoms in total. The number of benzene rings is 3. The Bertz CT molecular complexity index is 1400. The molecule has 1 aliphatic heterocycles. The minimum atomic E-state index is -4.46. The van der Waals surface area contributed by atoms with Gasteiger partial charge in [0.05, 0.1) is 10.6 Å². The summed E-state index contributed by atoms with van der Waals surface area (Å²) in [6.07, 6.45) is -4.37. The maximum absolute atomic E-state index is 13.6. The number of nitrogens with zero attached hydrogens (tertiary/aromatic N) is 2. The zero-order chi connectivity index (χ0) is 27.5. The van der Waals surface area contributed by atoms with Gasteiger partial charge in [-0.1, -0.05) is 59.6 Å². The van der Waals surface area contributed by atoms with E-state index in [0.29, 0.717) is 5.69 Å². The Kier molecular flexibility index (Phi) is 8.56. The molecular formula is C26H24Cl2F3N3O3S. The molecule has 4 rings (SSSR count). The Morgan fingerprint density at radius 3 is 2.26 bits per heavy atom. The number of rotatable bonds is 7. The van der Waals surface area contributed by atoms with Gasteiger partial charge in [-0.05, 0) is 48.4 Å². The number of hydrogen-bond donors (Lipinski definition) is 1. The number of sulfonamides is 1. The number of carbonyl (C=O) groups excluding carboxylic acids is 1. The minimum Gasteiger partial charge on any atom is -0.368 e. The molecule has 1 fully saturated rings. The molecule has 0 saturated carbocycles. The fraction of sp³-hybridized carbons (Fsp3) is 0.269. The van der Waals surface area contributed by atoms with Crippen LogP contribution < -0.4 is 9.62 Å². The van der Waals surface area contributed by atoms with Crippen LogP contribution in [0.2, 0.25) is 10.0 Å². The Hall–Kier alpha value is -2.79. The van der Waals surface area contributed by atoms with Crippen molar-refractivity contribution in [2.75, 3.05) is 31.1 Å². The van der Waals surface area contributed by atoms with E-state index in [4.69, 9.17) is 23.2 Å². The van der Waals surface area contributed by atoms with Crippen molar-refractivity contribution in [2.45, 2.75) is 23.5 Å². The molecule has 1 saturated heterocycles. The van der Waals surface area contributed by atoms with Crippen molar-refractivity contribution in [1.29, 1.82) is 0 Å². The summed E-state index contributed by atoms with van der Waals surface area (Å²) < 4.78 is 68.3. The summed E-state index contributed by atoms with van der Waals surface area (Å²) in [5, 5.41) is 0.133. The van der Waals surface area contributed by atoms with Crippen LogP contribution in [0.4, 0.5) is 18.9 Å². The number of anilines is 1. The van der Waals surface area contributed by atoms with Gasteiger partial charge in [-0.15, -0.1) is 0 Å². The van der Waals surface area contributed by atoms with Crippen molar-refractivity contribution in [3.8, 4) is 0 Å². The molecule has 3 aromatic carbocycles. The highest BCUT2D eigenvalue weighted by Crippen LogP contribution is 2.32. The molecule has 0 aliphatic carbocycles. The maximum atomic E-state index is 13.6. The summed E-state index contributed by atoms with van der Waals surface area (Å²) in [5.74, 6) is -0.445. The van der Waals surface area contributed by atoms with E-state index in [1.165, 1.54) is 29.2 Å². The number of hydrogen-bond acceptors (Lipinski definition) is 4. The van der Waals surface area contributed by atoms with Crippen molar-refractivity contribution < 1.29 is 26.4 Å². The topological polar surface area (TPSA) is 69.7 Å². The van der Waals surface area contributed by atoms with E-state index in [9.17, 15) is 26.4 Å². The molecule has 38 heavy (non-hydrogen) atoms. The molecule has 0 bridgehead atoms. The first-order valence-corrected chi connectivity index (χ1v) is 13.9. The highest BCUT2D eigenvalue weighted by molar-refractivity contribution is 7.89. The van der Waals surface area contributed by atoms with E-state index >= 15 is 0 Å². The van der Waals surface area contributed by atoms with Gasteiger partial charge >= 0.3 is 6.18 Å². The highest BCUT2D eigenvalue weighted by atomic mass is 35.5. The van der Waals surface area contributed by atoms with Crippen molar-refractivity contribution >= 4 is 44.8 Å². The van der Waals surface area contributed by atoms with Crippen LogP contribution in [-0.2, 0) is 27.4 Å². The van der Waals surface area contributed by atoms with Gasteiger partial charge in [0, 0.05) is 36.9 Å². The summed E-state index contributed by atoms with van der Waals surface area (Å²) in [4.78, 5) is 16.6. The van der Waals surface area contributed by atoms with Crippen LogP contribution in [0.1, 0.15) is 11.1 Å². The molecule has 0 aromatic heterocycles. The number of amides is 1. The average Bonchev–Trinajstić information content (AvgIpc) is 2.89. The number of halogens is 5. The van der Waals surface area contributed by atoms with E-state index in [1.54, 1.807) is 35.2 Å². The van der Waals surface area contributed by atoms with Gasteiger partial charge in [-0.2, -0.15) is 17.9 Å². The third-order valence-corrected chi connectivity index (χ3v) is 8.38. The summed E-state index contributed by atoms with van der Waals surface area (Å²) in [5.41, 5.74) is 0.405. The molecule has 202 valence electrons. The maximum Gasteiger partial charge on any atom is 0.416 e. The summed E-state index contributed by atoms with van der Waals surface area (Å²) in [6.45, 7) is 0.996. The quantitative estimate of drug-likeness (QED) is 0.411. The monoisotopic (exact) mass is 585 g/mol.